The van der Waals surface area contributed by atoms with Gasteiger partial charge in [0.1, 0.15) is 7.85 Å². The molecule has 0 fully saturated rings. The molecule has 0 bridgehead atoms. The summed E-state index contributed by atoms with van der Waals surface area (Å²) >= 11 is 0. The van der Waals surface area contributed by atoms with Gasteiger partial charge in [-0.15, -0.1) is 0 Å². The van der Waals surface area contributed by atoms with Crippen LogP contribution in [0, 0.1) is 75.5 Å². The van der Waals surface area contributed by atoms with Gasteiger partial charge in [0.2, 0.25) is 0 Å². The topological polar surface area (TPSA) is 0 Å². The fourth-order valence-electron chi connectivity index (χ4n) is 7.76. The predicted molar refractivity (Wildman–Crippen MR) is 237 cm³/mol. The maximum Gasteiger partial charge on any atom is 0.113 e. The first-order valence-corrected chi connectivity index (χ1v) is 18.8. The van der Waals surface area contributed by atoms with Gasteiger partial charge < -0.3 is 0 Å². The van der Waals surface area contributed by atoms with Gasteiger partial charge in [-0.25, -0.2) is 0 Å². The molecule has 0 aromatic heterocycles. The molecule has 9 aromatic rings. The maximum absolute atomic E-state index is 6.05. The van der Waals surface area contributed by atoms with Crippen LogP contribution < -0.4 is 5.46 Å². The minimum atomic E-state index is 0. The van der Waals surface area contributed by atoms with Crippen LogP contribution in [0.25, 0.3) is 67.1 Å². The molecular formula is C54H37BHo2. The molecule has 0 nitrogen and oxygen atoms in total. The van der Waals surface area contributed by atoms with Crippen LogP contribution in [0.4, 0.5) is 0 Å². The molecule has 0 atom stereocenters. The normalized spacial score (nSPS) is 11.1. The summed E-state index contributed by atoms with van der Waals surface area (Å²) < 4.78 is 0. The summed E-state index contributed by atoms with van der Waals surface area (Å²) in [5.41, 5.74) is 15.0. The minimum absolute atomic E-state index is 0. The predicted octanol–water partition coefficient (Wildman–Crippen LogP) is 13.3. The molecule has 278 valence electrons. The van der Waals surface area contributed by atoms with Gasteiger partial charge in [-0.3, -0.25) is 0 Å². The van der Waals surface area contributed by atoms with E-state index in [-0.39, 0.29) is 75.5 Å². The van der Waals surface area contributed by atoms with E-state index in [9.17, 15) is 0 Å². The zero-order chi connectivity index (χ0) is 37.0. The fraction of sp³-hybridized carbons (Fsp3) is 0. The van der Waals surface area contributed by atoms with E-state index in [0.717, 1.165) is 27.7 Å². The summed E-state index contributed by atoms with van der Waals surface area (Å²) in [6.07, 6.45) is 4.57. The van der Waals surface area contributed by atoms with Gasteiger partial charge in [-0.05, 0) is 100 Å². The smallest absolute Gasteiger partial charge is 0.0966 e. The Morgan fingerprint density at radius 3 is 0.895 bits per heavy atom. The Labute approximate surface area is 397 Å². The minimum Gasteiger partial charge on any atom is -0.0966 e. The average molecular weight is 1030 g/mol. The van der Waals surface area contributed by atoms with E-state index in [1.807, 2.05) is 12.1 Å². The summed E-state index contributed by atoms with van der Waals surface area (Å²) in [5, 5.41) is 4.97. The van der Waals surface area contributed by atoms with Crippen LogP contribution in [0.5, 0.6) is 0 Å². The number of rotatable bonds is 8. The van der Waals surface area contributed by atoms with Gasteiger partial charge >= 0.3 is 0 Å². The summed E-state index contributed by atoms with van der Waals surface area (Å²) in [4.78, 5) is 0. The number of hydrogen-bond acceptors (Lipinski definition) is 0. The Morgan fingerprint density at radius 1 is 0.298 bits per heavy atom. The third-order valence-electron chi connectivity index (χ3n) is 10.4. The number of hydrogen-bond donors (Lipinski definition) is 0. The second-order valence-electron chi connectivity index (χ2n) is 13.9. The third kappa shape index (κ3) is 8.86. The summed E-state index contributed by atoms with van der Waals surface area (Å²) in [7, 11) is 6.05. The largest absolute Gasteiger partial charge is 0.113 e. The van der Waals surface area contributed by atoms with Crippen LogP contribution in [-0.2, 0) is 0 Å². The molecule has 9 rings (SSSR count). The van der Waals surface area contributed by atoms with E-state index in [2.05, 4.69) is 212 Å². The summed E-state index contributed by atoms with van der Waals surface area (Å²) in [6, 6.07) is 75.7. The Morgan fingerprint density at radius 2 is 0.579 bits per heavy atom. The van der Waals surface area contributed by atoms with Crippen molar-refractivity contribution in [2.75, 3.05) is 0 Å². The zero-order valence-corrected chi connectivity index (χ0v) is 34.9. The molecule has 0 aliphatic rings. The summed E-state index contributed by atoms with van der Waals surface area (Å²) in [5.74, 6) is 0. The molecule has 0 saturated heterocycles. The first-order valence-electron chi connectivity index (χ1n) is 18.8. The van der Waals surface area contributed by atoms with Gasteiger partial charge in [0.15, 0.2) is 0 Å². The first kappa shape index (κ1) is 40.7. The van der Waals surface area contributed by atoms with E-state index in [0.29, 0.717) is 0 Å². The number of benzene rings is 9. The first-order chi connectivity index (χ1) is 27.2. The Kier molecular flexibility index (Phi) is 13.5. The molecule has 0 amide bonds. The number of fused-ring (bicyclic) bond motifs is 2. The molecule has 0 aliphatic heterocycles. The maximum atomic E-state index is 6.05. The van der Waals surface area contributed by atoms with E-state index in [1.54, 1.807) is 0 Å². The van der Waals surface area contributed by atoms with E-state index in [4.69, 9.17) is 7.85 Å². The Balaban J connectivity index is 0.00000248. The molecule has 57 heavy (non-hydrogen) atoms. The molecule has 0 saturated carbocycles. The second-order valence-corrected chi connectivity index (χ2v) is 13.9. The monoisotopic (exact) mass is 1030 g/mol. The second kappa shape index (κ2) is 18.9. The van der Waals surface area contributed by atoms with Crippen LogP contribution in [0.15, 0.2) is 212 Å². The van der Waals surface area contributed by atoms with Crippen LogP contribution in [0.3, 0.4) is 0 Å². The molecule has 3 heteroatoms. The van der Waals surface area contributed by atoms with E-state index >= 15 is 0 Å². The van der Waals surface area contributed by atoms with Gasteiger partial charge in [-0.1, -0.05) is 218 Å². The van der Waals surface area contributed by atoms with Crippen molar-refractivity contribution in [3.05, 3.63) is 246 Å². The van der Waals surface area contributed by atoms with Crippen LogP contribution in [-0.4, -0.2) is 7.85 Å². The van der Waals surface area contributed by atoms with Gasteiger partial charge in [0.05, 0.1) is 0 Å². The Bertz CT molecular complexity index is 2710. The van der Waals surface area contributed by atoms with Crippen molar-refractivity contribution >= 4 is 58.2 Å². The zero-order valence-electron chi connectivity index (χ0n) is 31.0. The standard InChI is InChI=1S/C54H37B.2Ho/c55-46-34-32-43(33-35-46)52(42-18-8-3-9-19-42)37-39-26-30-45(31-27-39)54-49-22-12-10-20-47(49)53(48-21-11-13-23-50(48)54)44-28-24-38(25-29-44)36-51(40-14-4-1-5-15-40)41-16-6-2-7-17-41;;/h1-37H;;/b52-37-;;. The van der Waals surface area contributed by atoms with E-state index < -0.39 is 0 Å². The van der Waals surface area contributed by atoms with Crippen molar-refractivity contribution in [3.63, 3.8) is 0 Å². The molecule has 0 heterocycles. The van der Waals surface area contributed by atoms with Crippen LogP contribution in [0.1, 0.15) is 33.4 Å². The SMILES string of the molecule is [B]c1ccc(/C(=C\c2ccc(-c3c4ccccc4c(-c4ccc(C=C(c5ccccc5)c5ccccc5)cc4)c4ccccc34)cc2)c2ccccc2)cc1.[Ho].[Ho]. The van der Waals surface area contributed by atoms with Crippen molar-refractivity contribution in [1.29, 1.82) is 0 Å². The molecule has 4 radical (unpaired) electrons. The molecule has 0 aliphatic carbocycles. The van der Waals surface area contributed by atoms with Gasteiger partial charge in [0.25, 0.3) is 0 Å². The molecule has 0 N–H and O–H groups in total. The third-order valence-corrected chi connectivity index (χ3v) is 10.4. The summed E-state index contributed by atoms with van der Waals surface area (Å²) in [6.45, 7) is 0. The van der Waals surface area contributed by atoms with Crippen LogP contribution >= 0.6 is 0 Å². The van der Waals surface area contributed by atoms with Crippen molar-refractivity contribution in [1.82, 2.24) is 0 Å². The Hall–Kier alpha value is -4.44. The van der Waals surface area contributed by atoms with Gasteiger partial charge in [-0.2, -0.15) is 0 Å². The van der Waals surface area contributed by atoms with E-state index in [1.165, 1.54) is 66.1 Å². The average Bonchev–Trinajstić information content (AvgIpc) is 3.26. The van der Waals surface area contributed by atoms with Crippen molar-refractivity contribution in [2.24, 2.45) is 0 Å². The van der Waals surface area contributed by atoms with Crippen LogP contribution in [0.2, 0.25) is 0 Å². The van der Waals surface area contributed by atoms with Crippen molar-refractivity contribution in [2.45, 2.75) is 0 Å². The van der Waals surface area contributed by atoms with Gasteiger partial charge in [0, 0.05) is 75.5 Å². The molecular weight excluding hydrogens is 989 g/mol. The molecule has 0 spiro atoms. The molecule has 0 unspecified atom stereocenters. The van der Waals surface area contributed by atoms with Crippen molar-refractivity contribution in [3.8, 4) is 22.3 Å². The molecule has 9 aromatic carbocycles. The quantitative estimate of drug-likeness (QED) is 0.0808. The van der Waals surface area contributed by atoms with Crippen molar-refractivity contribution < 1.29 is 75.5 Å². The fourth-order valence-corrected chi connectivity index (χ4v) is 7.76.